The molecule has 0 amide bonds. The maximum atomic E-state index is 6.32. The Bertz CT molecular complexity index is 605. The standard InChI is InChI=1S/C17H17BrClN/c1-11-2-4-12(5-3-11)17(13-6-7-13)20-16-9-8-14(18)10-15(16)19/h2-5,8-10,13,17,20H,6-7H2,1H3. The number of nitrogens with one attached hydrogen (secondary N) is 1. The van der Waals surface area contributed by atoms with Crippen molar-refractivity contribution in [3.63, 3.8) is 0 Å². The summed E-state index contributed by atoms with van der Waals surface area (Å²) in [5.41, 5.74) is 3.65. The molecule has 0 saturated heterocycles. The van der Waals surface area contributed by atoms with Crippen LogP contribution in [0.1, 0.15) is 30.0 Å². The van der Waals surface area contributed by atoms with Crippen LogP contribution in [0.4, 0.5) is 5.69 Å². The lowest BCUT2D eigenvalue weighted by Gasteiger charge is -2.21. The predicted molar refractivity (Wildman–Crippen MR) is 89.4 cm³/mol. The Kier molecular flexibility index (Phi) is 4.04. The largest absolute Gasteiger partial charge is 0.377 e. The highest BCUT2D eigenvalue weighted by Gasteiger charge is 2.32. The maximum Gasteiger partial charge on any atom is 0.0648 e. The minimum atomic E-state index is 0.356. The first-order valence-electron chi connectivity index (χ1n) is 6.91. The van der Waals surface area contributed by atoms with Gasteiger partial charge in [0.15, 0.2) is 0 Å². The van der Waals surface area contributed by atoms with Crippen LogP contribution < -0.4 is 5.32 Å². The van der Waals surface area contributed by atoms with Gasteiger partial charge < -0.3 is 5.32 Å². The van der Waals surface area contributed by atoms with Crippen molar-refractivity contribution in [1.29, 1.82) is 0 Å². The molecule has 0 aliphatic heterocycles. The SMILES string of the molecule is Cc1ccc(C(Nc2ccc(Br)cc2Cl)C2CC2)cc1. The van der Waals surface area contributed by atoms with Crippen molar-refractivity contribution in [3.05, 3.63) is 63.1 Å². The molecule has 1 fully saturated rings. The van der Waals surface area contributed by atoms with E-state index in [1.807, 2.05) is 18.2 Å². The normalized spacial score (nSPS) is 15.9. The lowest BCUT2D eigenvalue weighted by Crippen LogP contribution is -2.13. The van der Waals surface area contributed by atoms with Crippen LogP contribution in [0.3, 0.4) is 0 Å². The Morgan fingerprint density at radius 2 is 1.85 bits per heavy atom. The second-order valence-electron chi connectivity index (χ2n) is 5.49. The first kappa shape index (κ1) is 14.0. The van der Waals surface area contributed by atoms with E-state index >= 15 is 0 Å². The topological polar surface area (TPSA) is 12.0 Å². The van der Waals surface area contributed by atoms with Gasteiger partial charge in [-0.2, -0.15) is 0 Å². The van der Waals surface area contributed by atoms with Gasteiger partial charge in [0.1, 0.15) is 0 Å². The molecule has 0 heterocycles. The van der Waals surface area contributed by atoms with E-state index in [1.165, 1.54) is 24.0 Å². The molecule has 1 aliphatic rings. The van der Waals surface area contributed by atoms with Gasteiger partial charge in [-0.1, -0.05) is 57.4 Å². The molecule has 1 saturated carbocycles. The summed E-state index contributed by atoms with van der Waals surface area (Å²) in [5, 5.41) is 4.38. The minimum absolute atomic E-state index is 0.356. The molecule has 104 valence electrons. The maximum absolute atomic E-state index is 6.32. The first-order valence-corrected chi connectivity index (χ1v) is 8.09. The summed E-state index contributed by atoms with van der Waals surface area (Å²) in [7, 11) is 0. The summed E-state index contributed by atoms with van der Waals surface area (Å²) in [5.74, 6) is 0.720. The zero-order chi connectivity index (χ0) is 14.1. The van der Waals surface area contributed by atoms with Crippen LogP contribution >= 0.6 is 27.5 Å². The Balaban J connectivity index is 1.86. The van der Waals surface area contributed by atoms with E-state index in [1.54, 1.807) is 0 Å². The molecule has 1 N–H and O–H groups in total. The molecule has 1 unspecified atom stereocenters. The van der Waals surface area contributed by atoms with Crippen molar-refractivity contribution < 1.29 is 0 Å². The molecule has 2 aromatic carbocycles. The zero-order valence-electron chi connectivity index (χ0n) is 11.4. The van der Waals surface area contributed by atoms with Crippen LogP contribution in [0.15, 0.2) is 46.9 Å². The number of rotatable bonds is 4. The fraction of sp³-hybridized carbons (Fsp3) is 0.294. The molecule has 2 aromatic rings. The molecule has 1 atom stereocenters. The van der Waals surface area contributed by atoms with Crippen molar-refractivity contribution in [2.45, 2.75) is 25.8 Å². The summed E-state index contributed by atoms with van der Waals surface area (Å²) in [6.45, 7) is 2.12. The van der Waals surface area contributed by atoms with E-state index in [9.17, 15) is 0 Å². The predicted octanol–water partition coefficient (Wildman–Crippen LogP) is 5.97. The third-order valence-corrected chi connectivity index (χ3v) is 4.58. The van der Waals surface area contributed by atoms with Gasteiger partial charge in [0.2, 0.25) is 0 Å². The summed E-state index contributed by atoms with van der Waals surface area (Å²) in [6.07, 6.45) is 2.58. The van der Waals surface area contributed by atoms with E-state index in [0.717, 1.165) is 21.1 Å². The van der Waals surface area contributed by atoms with Crippen LogP contribution in [0.2, 0.25) is 5.02 Å². The molecule has 0 aromatic heterocycles. The molecular weight excluding hydrogens is 334 g/mol. The molecule has 3 rings (SSSR count). The van der Waals surface area contributed by atoms with Crippen molar-refractivity contribution >= 4 is 33.2 Å². The van der Waals surface area contributed by atoms with Gasteiger partial charge >= 0.3 is 0 Å². The molecule has 3 heteroatoms. The van der Waals surface area contributed by atoms with Crippen LogP contribution in [-0.2, 0) is 0 Å². The van der Waals surface area contributed by atoms with Gasteiger partial charge in [-0.25, -0.2) is 0 Å². The third-order valence-electron chi connectivity index (χ3n) is 3.77. The minimum Gasteiger partial charge on any atom is -0.377 e. The molecule has 0 radical (unpaired) electrons. The highest BCUT2D eigenvalue weighted by molar-refractivity contribution is 9.10. The van der Waals surface area contributed by atoms with Gasteiger partial charge in [-0.3, -0.25) is 0 Å². The van der Waals surface area contributed by atoms with Crippen LogP contribution in [-0.4, -0.2) is 0 Å². The van der Waals surface area contributed by atoms with Gasteiger partial charge in [-0.15, -0.1) is 0 Å². The molecule has 20 heavy (non-hydrogen) atoms. The highest BCUT2D eigenvalue weighted by Crippen LogP contribution is 2.43. The molecule has 0 spiro atoms. The highest BCUT2D eigenvalue weighted by atomic mass is 79.9. The number of benzene rings is 2. The third kappa shape index (κ3) is 3.18. The van der Waals surface area contributed by atoms with E-state index in [4.69, 9.17) is 11.6 Å². The number of aryl methyl sites for hydroxylation is 1. The van der Waals surface area contributed by atoms with Crippen molar-refractivity contribution in [3.8, 4) is 0 Å². The molecule has 1 aliphatic carbocycles. The first-order chi connectivity index (χ1) is 9.63. The summed E-state index contributed by atoms with van der Waals surface area (Å²) in [4.78, 5) is 0. The van der Waals surface area contributed by atoms with Crippen molar-refractivity contribution in [1.82, 2.24) is 0 Å². The van der Waals surface area contributed by atoms with E-state index in [0.29, 0.717) is 6.04 Å². The van der Waals surface area contributed by atoms with Gasteiger partial charge in [0, 0.05) is 4.47 Å². The summed E-state index contributed by atoms with van der Waals surface area (Å²) < 4.78 is 1.01. The van der Waals surface area contributed by atoms with E-state index in [2.05, 4.69) is 52.4 Å². The van der Waals surface area contributed by atoms with Crippen LogP contribution in [0.5, 0.6) is 0 Å². The smallest absolute Gasteiger partial charge is 0.0648 e. The molecular formula is C17H17BrClN. The summed E-state index contributed by atoms with van der Waals surface area (Å²) >= 11 is 9.76. The Morgan fingerprint density at radius 1 is 1.15 bits per heavy atom. The van der Waals surface area contributed by atoms with Crippen molar-refractivity contribution in [2.75, 3.05) is 5.32 Å². The Morgan fingerprint density at radius 3 is 2.45 bits per heavy atom. The quantitative estimate of drug-likeness (QED) is 0.716. The monoisotopic (exact) mass is 349 g/mol. The zero-order valence-corrected chi connectivity index (χ0v) is 13.7. The van der Waals surface area contributed by atoms with Crippen molar-refractivity contribution in [2.24, 2.45) is 5.92 Å². The van der Waals surface area contributed by atoms with E-state index in [-0.39, 0.29) is 0 Å². The van der Waals surface area contributed by atoms with E-state index < -0.39 is 0 Å². The average Bonchev–Trinajstić information content (AvgIpc) is 3.24. The Hall–Kier alpha value is -0.990. The van der Waals surface area contributed by atoms with Gasteiger partial charge in [0.05, 0.1) is 16.8 Å². The number of hydrogen-bond donors (Lipinski definition) is 1. The fourth-order valence-electron chi connectivity index (χ4n) is 2.45. The second-order valence-corrected chi connectivity index (χ2v) is 6.82. The van der Waals surface area contributed by atoms with Crippen LogP contribution in [0.25, 0.3) is 0 Å². The van der Waals surface area contributed by atoms with Gasteiger partial charge in [0.25, 0.3) is 0 Å². The number of hydrogen-bond acceptors (Lipinski definition) is 1. The van der Waals surface area contributed by atoms with Gasteiger partial charge in [-0.05, 0) is 49.4 Å². The average molecular weight is 351 g/mol. The Labute approximate surface area is 133 Å². The fourth-order valence-corrected chi connectivity index (χ4v) is 3.18. The van der Waals surface area contributed by atoms with Crippen LogP contribution in [0, 0.1) is 12.8 Å². The molecule has 0 bridgehead atoms. The molecule has 1 nitrogen and oxygen atoms in total. The lowest BCUT2D eigenvalue weighted by atomic mass is 10.0. The number of anilines is 1. The second kappa shape index (κ2) is 5.79. The number of halogens is 2. The lowest BCUT2D eigenvalue weighted by molar-refractivity contribution is 0.679. The summed E-state index contributed by atoms with van der Waals surface area (Å²) in [6, 6.07) is 15.1.